The predicted octanol–water partition coefficient (Wildman–Crippen LogP) is 2.23. The summed E-state index contributed by atoms with van der Waals surface area (Å²) in [5.74, 6) is -2.50. The third-order valence-electron chi connectivity index (χ3n) is 4.62. The van der Waals surface area contributed by atoms with Crippen molar-refractivity contribution in [3.05, 3.63) is 58.2 Å². The number of likely N-dealkylation sites (tertiary alicyclic amines) is 1. The molecule has 1 amide bonds. The van der Waals surface area contributed by atoms with Crippen molar-refractivity contribution in [2.24, 2.45) is 7.05 Å². The van der Waals surface area contributed by atoms with Crippen LogP contribution in [-0.2, 0) is 16.6 Å². The number of hydrogen-bond acceptors (Lipinski definition) is 4. The largest absolute Gasteiger partial charge is 0.507 e. The Balaban J connectivity index is 2.29. The number of Topliss-reactive ketones (excluding diaryl/α,β-unsaturated/α-hetero) is 1. The Kier molecular flexibility index (Phi) is 3.94. The van der Waals surface area contributed by atoms with Crippen LogP contribution in [0, 0.1) is 19.7 Å². The van der Waals surface area contributed by atoms with Crippen LogP contribution in [0.1, 0.15) is 28.6 Å². The van der Waals surface area contributed by atoms with E-state index in [4.69, 9.17) is 0 Å². The highest BCUT2D eigenvalue weighted by Gasteiger charge is 2.45. The van der Waals surface area contributed by atoms with Crippen molar-refractivity contribution in [1.82, 2.24) is 14.7 Å². The van der Waals surface area contributed by atoms with Gasteiger partial charge in [0, 0.05) is 25.4 Å². The second kappa shape index (κ2) is 5.84. The molecule has 1 unspecified atom stereocenters. The number of aliphatic hydroxyl groups excluding tert-OH is 1. The van der Waals surface area contributed by atoms with Crippen LogP contribution in [0.25, 0.3) is 5.76 Å². The van der Waals surface area contributed by atoms with Crippen LogP contribution >= 0.6 is 0 Å². The van der Waals surface area contributed by atoms with Crippen LogP contribution in [0.2, 0.25) is 0 Å². The van der Waals surface area contributed by atoms with E-state index in [9.17, 15) is 19.1 Å². The van der Waals surface area contributed by atoms with Gasteiger partial charge in [-0.05, 0) is 19.9 Å². The molecular formula is C18H18FN3O3. The number of likely N-dealkylation sites (N-methyl/N-ethyl adjacent to an activating group) is 1. The summed E-state index contributed by atoms with van der Waals surface area (Å²) in [6.45, 7) is 3.44. The molecule has 1 fully saturated rings. The molecule has 1 saturated heterocycles. The van der Waals surface area contributed by atoms with Gasteiger partial charge in [0.15, 0.2) is 0 Å². The maximum Gasteiger partial charge on any atom is 0.295 e. The van der Waals surface area contributed by atoms with Crippen molar-refractivity contribution < 1.29 is 19.1 Å². The van der Waals surface area contributed by atoms with Crippen molar-refractivity contribution in [1.29, 1.82) is 0 Å². The maximum absolute atomic E-state index is 14.3. The first kappa shape index (κ1) is 16.9. The number of carbonyl (C=O) groups excluding carboxylic acids is 2. The molecule has 25 heavy (non-hydrogen) atoms. The van der Waals surface area contributed by atoms with Gasteiger partial charge < -0.3 is 10.0 Å². The van der Waals surface area contributed by atoms with Gasteiger partial charge >= 0.3 is 0 Å². The van der Waals surface area contributed by atoms with E-state index in [2.05, 4.69) is 5.10 Å². The average Bonchev–Trinajstić information content (AvgIpc) is 2.95. The molecule has 0 spiro atoms. The standard InChI is InChI=1S/C18H18FN3O3/c1-9-13(10(2)22(4)20-9)16(23)14-15(21(3)18(25)17(14)24)11-7-5-6-8-12(11)19/h5-8,15,23H,1-4H3/b16-14+. The van der Waals surface area contributed by atoms with Gasteiger partial charge in [-0.25, -0.2) is 4.39 Å². The third-order valence-corrected chi connectivity index (χ3v) is 4.62. The zero-order chi connectivity index (χ0) is 18.5. The molecule has 1 aromatic heterocycles. The molecule has 1 N–H and O–H groups in total. The van der Waals surface area contributed by atoms with E-state index in [-0.39, 0.29) is 16.9 Å². The number of halogens is 1. The number of hydrogen-bond donors (Lipinski definition) is 1. The number of nitrogens with zero attached hydrogens (tertiary/aromatic N) is 3. The monoisotopic (exact) mass is 343 g/mol. The summed E-state index contributed by atoms with van der Waals surface area (Å²) in [5, 5.41) is 15.0. The molecule has 130 valence electrons. The van der Waals surface area contributed by atoms with Crippen molar-refractivity contribution in [2.45, 2.75) is 19.9 Å². The average molecular weight is 343 g/mol. The van der Waals surface area contributed by atoms with Crippen LogP contribution in [0.15, 0.2) is 29.8 Å². The van der Waals surface area contributed by atoms with Crippen LogP contribution in [-0.4, -0.2) is 38.5 Å². The Morgan fingerprint density at radius 2 is 1.84 bits per heavy atom. The smallest absolute Gasteiger partial charge is 0.295 e. The molecule has 0 bridgehead atoms. The number of aryl methyl sites for hydroxylation is 2. The van der Waals surface area contributed by atoms with Crippen molar-refractivity contribution in [2.75, 3.05) is 7.05 Å². The quantitative estimate of drug-likeness (QED) is 0.515. The van der Waals surface area contributed by atoms with E-state index < -0.39 is 23.5 Å². The SMILES string of the molecule is Cc1nn(C)c(C)c1/C(O)=C1\C(=O)C(=O)N(C)C1c1ccccc1F. The van der Waals surface area contributed by atoms with E-state index in [0.29, 0.717) is 17.0 Å². The number of ketones is 1. The molecule has 0 saturated carbocycles. The second-order valence-corrected chi connectivity index (χ2v) is 6.10. The number of aromatic nitrogens is 2. The topological polar surface area (TPSA) is 75.4 Å². The van der Waals surface area contributed by atoms with E-state index in [1.165, 1.54) is 25.2 Å². The van der Waals surface area contributed by atoms with Gasteiger partial charge in [0.25, 0.3) is 11.7 Å². The Hall–Kier alpha value is -2.96. The highest BCUT2D eigenvalue weighted by molar-refractivity contribution is 6.46. The molecule has 7 heteroatoms. The van der Waals surface area contributed by atoms with Gasteiger partial charge in [0.1, 0.15) is 11.6 Å². The first-order valence-electron chi connectivity index (χ1n) is 7.75. The van der Waals surface area contributed by atoms with E-state index in [1.54, 1.807) is 31.6 Å². The number of carbonyl (C=O) groups is 2. The summed E-state index contributed by atoms with van der Waals surface area (Å²) in [6, 6.07) is 4.91. The van der Waals surface area contributed by atoms with Crippen LogP contribution in [0.4, 0.5) is 4.39 Å². The molecule has 1 aliphatic rings. The van der Waals surface area contributed by atoms with Crippen LogP contribution < -0.4 is 0 Å². The van der Waals surface area contributed by atoms with E-state index >= 15 is 0 Å². The van der Waals surface area contributed by atoms with Crippen LogP contribution in [0.3, 0.4) is 0 Å². The highest BCUT2D eigenvalue weighted by Crippen LogP contribution is 2.40. The minimum absolute atomic E-state index is 0.128. The lowest BCUT2D eigenvalue weighted by Crippen LogP contribution is -2.25. The van der Waals surface area contributed by atoms with E-state index in [0.717, 1.165) is 4.90 Å². The zero-order valence-corrected chi connectivity index (χ0v) is 14.4. The molecule has 2 aromatic rings. The second-order valence-electron chi connectivity index (χ2n) is 6.10. The van der Waals surface area contributed by atoms with Crippen molar-refractivity contribution in [3.63, 3.8) is 0 Å². The summed E-state index contributed by atoms with van der Waals surface area (Å²) in [7, 11) is 3.13. The molecule has 2 heterocycles. The molecule has 1 aliphatic heterocycles. The Labute approximate surface area is 144 Å². The summed E-state index contributed by atoms with van der Waals surface area (Å²) >= 11 is 0. The Morgan fingerprint density at radius 3 is 2.40 bits per heavy atom. The van der Waals surface area contributed by atoms with Crippen LogP contribution in [0.5, 0.6) is 0 Å². The van der Waals surface area contributed by atoms with Gasteiger partial charge in [0.2, 0.25) is 0 Å². The normalized spacial score (nSPS) is 19.7. The van der Waals surface area contributed by atoms with Gasteiger partial charge in [-0.15, -0.1) is 0 Å². The van der Waals surface area contributed by atoms with Gasteiger partial charge in [0.05, 0.1) is 22.9 Å². The molecular weight excluding hydrogens is 325 g/mol. The number of aliphatic hydroxyl groups is 1. The molecule has 1 aromatic carbocycles. The molecule has 0 radical (unpaired) electrons. The third kappa shape index (κ3) is 2.43. The van der Waals surface area contributed by atoms with Gasteiger partial charge in [-0.1, -0.05) is 18.2 Å². The zero-order valence-electron chi connectivity index (χ0n) is 14.4. The first-order valence-corrected chi connectivity index (χ1v) is 7.75. The number of amides is 1. The molecule has 3 rings (SSSR count). The fourth-order valence-electron chi connectivity index (χ4n) is 3.26. The summed E-state index contributed by atoms with van der Waals surface area (Å²) in [6.07, 6.45) is 0. The number of benzene rings is 1. The lowest BCUT2D eigenvalue weighted by atomic mass is 9.94. The molecule has 6 nitrogen and oxygen atoms in total. The fourth-order valence-corrected chi connectivity index (χ4v) is 3.26. The van der Waals surface area contributed by atoms with Crippen molar-refractivity contribution in [3.8, 4) is 0 Å². The highest BCUT2D eigenvalue weighted by atomic mass is 19.1. The minimum atomic E-state index is -0.986. The fraction of sp³-hybridized carbons (Fsp3) is 0.278. The lowest BCUT2D eigenvalue weighted by Gasteiger charge is -2.21. The van der Waals surface area contributed by atoms with Gasteiger partial charge in [-0.2, -0.15) is 5.10 Å². The first-order chi connectivity index (χ1) is 11.8. The van der Waals surface area contributed by atoms with E-state index in [1.807, 2.05) is 0 Å². The Morgan fingerprint density at radius 1 is 1.20 bits per heavy atom. The lowest BCUT2D eigenvalue weighted by molar-refractivity contribution is -0.139. The summed E-state index contributed by atoms with van der Waals surface area (Å²) in [4.78, 5) is 25.9. The predicted molar refractivity (Wildman–Crippen MR) is 89.1 cm³/mol. The summed E-state index contributed by atoms with van der Waals surface area (Å²) < 4.78 is 15.9. The Bertz CT molecular complexity index is 930. The van der Waals surface area contributed by atoms with Gasteiger partial charge in [-0.3, -0.25) is 14.3 Å². The molecule has 0 aliphatic carbocycles. The molecule has 1 atom stereocenters. The summed E-state index contributed by atoms with van der Waals surface area (Å²) in [5.41, 5.74) is 1.58. The minimum Gasteiger partial charge on any atom is -0.507 e. The van der Waals surface area contributed by atoms with Crippen molar-refractivity contribution >= 4 is 17.4 Å². The maximum atomic E-state index is 14.3. The number of rotatable bonds is 2.